The third kappa shape index (κ3) is 2.54. The number of nitro groups is 1. The van der Waals surface area contributed by atoms with Gasteiger partial charge in [0, 0.05) is 17.8 Å². The van der Waals surface area contributed by atoms with E-state index in [2.05, 4.69) is 17.2 Å². The van der Waals surface area contributed by atoms with Crippen LogP contribution in [-0.4, -0.2) is 15.9 Å². The van der Waals surface area contributed by atoms with Crippen LogP contribution in [0.15, 0.2) is 12.3 Å². The van der Waals surface area contributed by atoms with Crippen LogP contribution in [0.25, 0.3) is 0 Å². The first kappa shape index (κ1) is 11.8. The summed E-state index contributed by atoms with van der Waals surface area (Å²) in [6, 6.07) is 1.98. The fourth-order valence-corrected chi connectivity index (χ4v) is 2.42. The molecular formula is C12H17N3O2. The Labute approximate surface area is 100 Å². The van der Waals surface area contributed by atoms with E-state index in [1.807, 2.05) is 0 Å². The average molecular weight is 235 g/mol. The molecule has 2 unspecified atom stereocenters. The minimum atomic E-state index is -0.358. The summed E-state index contributed by atoms with van der Waals surface area (Å²) in [7, 11) is 0. The van der Waals surface area contributed by atoms with Crippen molar-refractivity contribution >= 4 is 11.5 Å². The van der Waals surface area contributed by atoms with Crippen molar-refractivity contribution in [3.8, 4) is 0 Å². The summed E-state index contributed by atoms with van der Waals surface area (Å²) in [6.45, 7) is 3.95. The van der Waals surface area contributed by atoms with Crippen molar-refractivity contribution < 1.29 is 4.92 Å². The van der Waals surface area contributed by atoms with Gasteiger partial charge in [-0.25, -0.2) is 4.98 Å². The molecule has 0 radical (unpaired) electrons. The molecule has 0 aliphatic heterocycles. The van der Waals surface area contributed by atoms with Gasteiger partial charge in [-0.2, -0.15) is 0 Å². The van der Waals surface area contributed by atoms with Gasteiger partial charge >= 0.3 is 5.69 Å². The van der Waals surface area contributed by atoms with E-state index in [4.69, 9.17) is 0 Å². The monoisotopic (exact) mass is 235 g/mol. The number of pyridine rings is 1. The maximum absolute atomic E-state index is 11.0. The molecule has 2 atom stereocenters. The molecule has 1 N–H and O–H groups in total. The Morgan fingerprint density at radius 2 is 2.29 bits per heavy atom. The van der Waals surface area contributed by atoms with Gasteiger partial charge in [-0.05, 0) is 38.2 Å². The predicted octanol–water partition coefficient (Wildman–Crippen LogP) is 2.90. The lowest BCUT2D eigenvalue weighted by atomic mass is 10.1. The van der Waals surface area contributed by atoms with Crippen LogP contribution >= 0.6 is 0 Å². The van der Waals surface area contributed by atoms with Gasteiger partial charge in [0.1, 0.15) is 0 Å². The molecule has 0 saturated heterocycles. The van der Waals surface area contributed by atoms with Crippen molar-refractivity contribution in [2.45, 2.75) is 39.2 Å². The third-order valence-corrected chi connectivity index (χ3v) is 3.34. The van der Waals surface area contributed by atoms with Gasteiger partial charge in [-0.15, -0.1) is 0 Å². The van der Waals surface area contributed by atoms with Gasteiger partial charge in [-0.1, -0.05) is 6.92 Å². The van der Waals surface area contributed by atoms with Crippen molar-refractivity contribution in [3.63, 3.8) is 0 Å². The lowest BCUT2D eigenvalue weighted by Crippen LogP contribution is -2.17. The molecule has 1 saturated carbocycles. The summed E-state index contributed by atoms with van der Waals surface area (Å²) in [5, 5.41) is 14.2. The van der Waals surface area contributed by atoms with E-state index >= 15 is 0 Å². The van der Waals surface area contributed by atoms with Crippen LogP contribution in [0.4, 0.5) is 11.5 Å². The van der Waals surface area contributed by atoms with Crippen LogP contribution in [0.5, 0.6) is 0 Å². The molecule has 0 aromatic carbocycles. The predicted molar refractivity (Wildman–Crippen MR) is 66.1 cm³/mol. The highest BCUT2D eigenvalue weighted by molar-refractivity contribution is 5.60. The molecule has 2 rings (SSSR count). The van der Waals surface area contributed by atoms with E-state index in [1.54, 1.807) is 19.2 Å². The van der Waals surface area contributed by atoms with E-state index in [1.165, 1.54) is 6.42 Å². The molecule has 0 bridgehead atoms. The van der Waals surface area contributed by atoms with Crippen LogP contribution in [0.3, 0.4) is 0 Å². The zero-order chi connectivity index (χ0) is 12.4. The average Bonchev–Trinajstić information content (AvgIpc) is 2.63. The maximum atomic E-state index is 11.0. The number of anilines is 1. The number of aryl methyl sites for hydroxylation is 1. The quantitative estimate of drug-likeness (QED) is 0.646. The normalized spacial score (nSPS) is 23.6. The van der Waals surface area contributed by atoms with Crippen LogP contribution in [0.2, 0.25) is 0 Å². The zero-order valence-electron chi connectivity index (χ0n) is 10.1. The number of nitrogens with one attached hydrogen (secondary N) is 1. The van der Waals surface area contributed by atoms with Gasteiger partial charge in [0.25, 0.3) is 0 Å². The SMILES string of the molecule is Cc1ccnc(NC2CCC(C)C2)c1[N+](=O)[O-]. The van der Waals surface area contributed by atoms with E-state index in [9.17, 15) is 10.1 Å². The van der Waals surface area contributed by atoms with Crippen LogP contribution in [0, 0.1) is 23.0 Å². The minimum Gasteiger partial charge on any atom is -0.362 e. The van der Waals surface area contributed by atoms with Crippen molar-refractivity contribution in [2.24, 2.45) is 5.92 Å². The van der Waals surface area contributed by atoms with E-state index in [0.29, 0.717) is 23.3 Å². The Bertz CT molecular complexity index is 434. The second kappa shape index (κ2) is 4.69. The number of hydrogen-bond acceptors (Lipinski definition) is 4. The lowest BCUT2D eigenvalue weighted by molar-refractivity contribution is -0.384. The Morgan fingerprint density at radius 1 is 1.53 bits per heavy atom. The first-order valence-electron chi connectivity index (χ1n) is 5.94. The molecule has 0 amide bonds. The summed E-state index contributed by atoms with van der Waals surface area (Å²) in [6.07, 6.45) is 4.92. The molecule has 17 heavy (non-hydrogen) atoms. The fourth-order valence-electron chi connectivity index (χ4n) is 2.42. The maximum Gasteiger partial charge on any atom is 0.314 e. The van der Waals surface area contributed by atoms with Crippen molar-refractivity contribution in [2.75, 3.05) is 5.32 Å². The van der Waals surface area contributed by atoms with Crippen molar-refractivity contribution in [1.82, 2.24) is 4.98 Å². The molecular weight excluding hydrogens is 218 g/mol. The van der Waals surface area contributed by atoms with Gasteiger partial charge < -0.3 is 5.32 Å². The molecule has 1 heterocycles. The Balaban J connectivity index is 2.20. The molecule has 0 spiro atoms. The van der Waals surface area contributed by atoms with E-state index in [-0.39, 0.29) is 10.6 Å². The van der Waals surface area contributed by atoms with Gasteiger partial charge in [0.15, 0.2) is 0 Å². The first-order chi connectivity index (χ1) is 8.08. The Morgan fingerprint density at radius 3 is 2.88 bits per heavy atom. The van der Waals surface area contributed by atoms with E-state index in [0.717, 1.165) is 12.8 Å². The molecule has 1 aliphatic carbocycles. The minimum absolute atomic E-state index is 0.104. The molecule has 1 aliphatic rings. The third-order valence-electron chi connectivity index (χ3n) is 3.34. The van der Waals surface area contributed by atoms with Gasteiger partial charge in [0.05, 0.1) is 4.92 Å². The summed E-state index contributed by atoms with van der Waals surface area (Å²) < 4.78 is 0. The number of hydrogen-bond donors (Lipinski definition) is 1. The standard InChI is InChI=1S/C12H17N3O2/c1-8-3-4-10(7-8)14-12-11(15(16)17)9(2)5-6-13-12/h5-6,8,10H,3-4,7H2,1-2H3,(H,13,14). The highest BCUT2D eigenvalue weighted by Crippen LogP contribution is 2.31. The summed E-state index contributed by atoms with van der Waals surface area (Å²) in [4.78, 5) is 14.7. The molecule has 5 heteroatoms. The summed E-state index contributed by atoms with van der Waals surface area (Å²) >= 11 is 0. The van der Waals surface area contributed by atoms with Crippen LogP contribution < -0.4 is 5.32 Å². The van der Waals surface area contributed by atoms with Crippen molar-refractivity contribution in [3.05, 3.63) is 27.9 Å². The smallest absolute Gasteiger partial charge is 0.314 e. The largest absolute Gasteiger partial charge is 0.362 e. The Kier molecular flexibility index (Phi) is 3.26. The number of nitrogens with zero attached hydrogens (tertiary/aromatic N) is 2. The topological polar surface area (TPSA) is 68.1 Å². The van der Waals surface area contributed by atoms with Gasteiger partial charge in [-0.3, -0.25) is 10.1 Å². The number of rotatable bonds is 3. The molecule has 1 aromatic rings. The van der Waals surface area contributed by atoms with Crippen molar-refractivity contribution in [1.29, 1.82) is 0 Å². The second-order valence-electron chi connectivity index (χ2n) is 4.84. The zero-order valence-corrected chi connectivity index (χ0v) is 10.1. The molecule has 5 nitrogen and oxygen atoms in total. The summed E-state index contributed by atoms with van der Waals surface area (Å²) in [5.74, 6) is 1.10. The summed E-state index contributed by atoms with van der Waals surface area (Å²) in [5.41, 5.74) is 0.755. The van der Waals surface area contributed by atoms with Gasteiger partial charge in [0.2, 0.25) is 5.82 Å². The molecule has 1 aromatic heterocycles. The first-order valence-corrected chi connectivity index (χ1v) is 5.94. The van der Waals surface area contributed by atoms with Crippen LogP contribution in [-0.2, 0) is 0 Å². The lowest BCUT2D eigenvalue weighted by Gasteiger charge is -2.13. The molecule has 92 valence electrons. The fraction of sp³-hybridized carbons (Fsp3) is 0.583. The highest BCUT2D eigenvalue weighted by Gasteiger charge is 2.25. The Hall–Kier alpha value is -1.65. The van der Waals surface area contributed by atoms with E-state index < -0.39 is 0 Å². The second-order valence-corrected chi connectivity index (χ2v) is 4.84. The number of aromatic nitrogens is 1. The highest BCUT2D eigenvalue weighted by atomic mass is 16.6. The molecule has 1 fully saturated rings. The van der Waals surface area contributed by atoms with Crippen LogP contribution in [0.1, 0.15) is 31.7 Å².